The first-order chi connectivity index (χ1) is 25.5. The van der Waals surface area contributed by atoms with Gasteiger partial charge >= 0.3 is 0 Å². The van der Waals surface area contributed by atoms with Crippen molar-refractivity contribution in [2.24, 2.45) is 0 Å². The van der Waals surface area contributed by atoms with E-state index in [1.807, 2.05) is 0 Å². The summed E-state index contributed by atoms with van der Waals surface area (Å²) in [7, 11) is 4.47. The number of benzene rings is 5. The second-order valence-corrected chi connectivity index (χ2v) is 15.0. The summed E-state index contributed by atoms with van der Waals surface area (Å²) in [5.41, 5.74) is 10.9. The van der Waals surface area contributed by atoms with Gasteiger partial charge in [-0.2, -0.15) is 0 Å². The number of hydrogen-bond donors (Lipinski definition) is 0. The van der Waals surface area contributed by atoms with E-state index in [1.165, 1.54) is 98.1 Å². The van der Waals surface area contributed by atoms with Crippen LogP contribution < -0.4 is 9.80 Å². The summed E-state index contributed by atoms with van der Waals surface area (Å²) in [6.07, 6.45) is 12.8. The van der Waals surface area contributed by atoms with Crippen molar-refractivity contribution < 1.29 is 0 Å². The third-order valence-corrected chi connectivity index (χ3v) is 10.9. The van der Waals surface area contributed by atoms with Gasteiger partial charge in [0.25, 0.3) is 0 Å². The van der Waals surface area contributed by atoms with Crippen LogP contribution in [0.15, 0.2) is 133 Å². The number of fused-ring (bicyclic) bond motifs is 3. The first-order valence-corrected chi connectivity index (χ1v) is 19.9. The van der Waals surface area contributed by atoms with Crippen molar-refractivity contribution in [2.45, 2.75) is 83.5 Å². The number of para-hydroxylation sites is 3. The van der Waals surface area contributed by atoms with Crippen molar-refractivity contribution in [3.05, 3.63) is 145 Å². The summed E-state index contributed by atoms with van der Waals surface area (Å²) in [5.74, 6) is 0. The molecule has 0 saturated carbocycles. The Balaban J connectivity index is 1.29. The van der Waals surface area contributed by atoms with E-state index < -0.39 is 0 Å². The zero-order valence-electron chi connectivity index (χ0n) is 32.2. The summed E-state index contributed by atoms with van der Waals surface area (Å²) in [6, 6.07) is 49.1. The van der Waals surface area contributed by atoms with Crippen LogP contribution in [0.1, 0.15) is 89.2 Å². The maximum atomic E-state index is 2.58. The lowest BCUT2D eigenvalue weighted by atomic mass is 9.70. The summed E-state index contributed by atoms with van der Waals surface area (Å²) in [5, 5.41) is 0. The fourth-order valence-electron chi connectivity index (χ4n) is 8.42. The smallest absolute Gasteiger partial charge is 0.0764 e. The van der Waals surface area contributed by atoms with E-state index in [0.717, 1.165) is 20.0 Å². The van der Waals surface area contributed by atoms with Crippen LogP contribution >= 0.6 is 0 Å². The van der Waals surface area contributed by atoms with Crippen molar-refractivity contribution >= 4 is 22.7 Å². The van der Waals surface area contributed by atoms with Gasteiger partial charge in [0.1, 0.15) is 0 Å². The van der Waals surface area contributed by atoms with E-state index in [-0.39, 0.29) is 5.41 Å². The molecule has 0 N–H and O–H groups in total. The lowest BCUT2D eigenvalue weighted by Crippen LogP contribution is -2.43. The van der Waals surface area contributed by atoms with Gasteiger partial charge in [0.2, 0.25) is 0 Å². The second kappa shape index (κ2) is 18.4. The van der Waals surface area contributed by atoms with Crippen LogP contribution in [0, 0.1) is 0 Å². The van der Waals surface area contributed by atoms with E-state index in [1.54, 1.807) is 11.1 Å². The molecule has 0 aromatic heterocycles. The third kappa shape index (κ3) is 8.80. The third-order valence-electron chi connectivity index (χ3n) is 10.9. The number of rotatable bonds is 20. The highest BCUT2D eigenvalue weighted by atomic mass is 15.4. The van der Waals surface area contributed by atoms with Crippen LogP contribution in [-0.4, -0.2) is 43.9 Å². The van der Waals surface area contributed by atoms with Crippen LogP contribution in [0.2, 0.25) is 0 Å². The second-order valence-electron chi connectivity index (χ2n) is 15.0. The Morgan fingerprint density at radius 3 is 1.35 bits per heavy atom. The molecule has 0 heterocycles. The molecule has 52 heavy (non-hydrogen) atoms. The Morgan fingerprint density at radius 1 is 0.404 bits per heavy atom. The van der Waals surface area contributed by atoms with Gasteiger partial charge in [-0.05, 0) is 97.7 Å². The van der Waals surface area contributed by atoms with Gasteiger partial charge in [-0.1, -0.05) is 150 Å². The minimum atomic E-state index is 0.0657. The van der Waals surface area contributed by atoms with Crippen molar-refractivity contribution in [3.63, 3.8) is 0 Å². The number of hydrogen-bond acceptors (Lipinski definition) is 4. The molecule has 1 aliphatic rings. The number of anilines is 4. The van der Waals surface area contributed by atoms with Gasteiger partial charge in [0, 0.05) is 28.2 Å². The molecule has 0 saturated heterocycles. The molecule has 0 spiro atoms. The zero-order chi connectivity index (χ0) is 36.2. The molecule has 0 bridgehead atoms. The van der Waals surface area contributed by atoms with Crippen molar-refractivity contribution in [3.8, 4) is 11.1 Å². The predicted molar refractivity (Wildman–Crippen MR) is 224 cm³/mol. The summed E-state index contributed by atoms with van der Waals surface area (Å²) < 4.78 is 0. The Hall–Kier alpha value is -4.38. The molecule has 0 aliphatic heterocycles. The van der Waals surface area contributed by atoms with Crippen LogP contribution in [0.5, 0.6) is 0 Å². The van der Waals surface area contributed by atoms with E-state index in [2.05, 4.69) is 181 Å². The highest BCUT2D eigenvalue weighted by molar-refractivity contribution is 5.83. The highest BCUT2D eigenvalue weighted by Gasteiger charge is 2.42. The lowest BCUT2D eigenvalue weighted by molar-refractivity contribution is 0.189. The van der Waals surface area contributed by atoms with E-state index in [4.69, 9.17) is 0 Å². The normalized spacial score (nSPS) is 13.0. The maximum absolute atomic E-state index is 2.58. The van der Waals surface area contributed by atoms with Crippen LogP contribution in [0.25, 0.3) is 11.1 Å². The Morgan fingerprint density at radius 2 is 0.846 bits per heavy atom. The average Bonchev–Trinajstić information content (AvgIpc) is 3.46. The molecule has 0 radical (unpaired) electrons. The Kier molecular flexibility index (Phi) is 13.2. The van der Waals surface area contributed by atoms with Gasteiger partial charge in [0.15, 0.2) is 0 Å². The van der Waals surface area contributed by atoms with E-state index in [9.17, 15) is 0 Å². The molecule has 6 rings (SSSR count). The van der Waals surface area contributed by atoms with Crippen molar-refractivity contribution in [1.29, 1.82) is 0 Å². The van der Waals surface area contributed by atoms with Gasteiger partial charge in [-0.15, -0.1) is 0 Å². The van der Waals surface area contributed by atoms with Crippen molar-refractivity contribution in [2.75, 3.05) is 43.9 Å². The lowest BCUT2D eigenvalue weighted by Gasteiger charge is -2.36. The predicted octanol–water partition coefficient (Wildman–Crippen LogP) is 12.6. The Labute approximate surface area is 314 Å². The molecule has 5 aromatic rings. The topological polar surface area (TPSA) is 13.0 Å². The molecule has 0 fully saturated rings. The minimum Gasteiger partial charge on any atom is -0.328 e. The van der Waals surface area contributed by atoms with Crippen molar-refractivity contribution in [1.82, 2.24) is 9.80 Å². The highest BCUT2D eigenvalue weighted by Crippen LogP contribution is 2.55. The summed E-state index contributed by atoms with van der Waals surface area (Å²) in [4.78, 5) is 9.75. The van der Waals surface area contributed by atoms with Gasteiger partial charge in [-0.3, -0.25) is 9.80 Å². The Bertz CT molecular complexity index is 1740. The van der Waals surface area contributed by atoms with Gasteiger partial charge in [0.05, 0.1) is 20.0 Å². The van der Waals surface area contributed by atoms with E-state index in [0.29, 0.717) is 0 Å². The quantitative estimate of drug-likeness (QED) is 0.0594. The average molecular weight is 693 g/mol. The summed E-state index contributed by atoms with van der Waals surface area (Å²) >= 11 is 0. The molecule has 0 amide bonds. The maximum Gasteiger partial charge on any atom is 0.0764 e. The molecule has 4 nitrogen and oxygen atoms in total. The van der Waals surface area contributed by atoms with Gasteiger partial charge < -0.3 is 9.80 Å². The van der Waals surface area contributed by atoms with Crippen LogP contribution in [-0.2, 0) is 5.41 Å². The van der Waals surface area contributed by atoms with Crippen LogP contribution in [0.4, 0.5) is 22.7 Å². The molecule has 4 heteroatoms. The van der Waals surface area contributed by atoms with Crippen LogP contribution in [0.3, 0.4) is 0 Å². The standard InChI is InChI=1S/C48H60N4/c1-5-7-9-22-34-48(35-23-10-8-6-2)46-31-21-20-30-44(46)45-33-32-43(36-47(45)48)52(42-28-18-13-19-29-42)39-50(4)37-49(3)38-51(40-24-14-11-15-25-40)41-26-16-12-17-27-41/h11-21,24-33,36H,5-10,22-23,34-35,37-39H2,1-4H3. The van der Waals surface area contributed by atoms with Gasteiger partial charge in [-0.25, -0.2) is 0 Å². The zero-order valence-corrected chi connectivity index (χ0v) is 32.2. The van der Waals surface area contributed by atoms with E-state index >= 15 is 0 Å². The number of nitrogens with zero attached hydrogens (tertiary/aromatic N) is 4. The molecule has 1 aliphatic carbocycles. The largest absolute Gasteiger partial charge is 0.328 e. The fourth-order valence-corrected chi connectivity index (χ4v) is 8.42. The number of unbranched alkanes of at least 4 members (excludes halogenated alkanes) is 6. The SMILES string of the molecule is CCCCCCC1(CCCCCC)c2ccccc2-c2ccc(N(CN(C)CN(C)CN(c3ccccc3)c3ccccc3)c3ccccc3)cc21. The molecule has 0 unspecified atom stereocenters. The first kappa shape index (κ1) is 37.4. The molecule has 272 valence electrons. The first-order valence-electron chi connectivity index (χ1n) is 19.9. The fraction of sp³-hybridized carbons (Fsp3) is 0.375. The molecular formula is C48H60N4. The molecule has 0 atom stereocenters. The molecular weight excluding hydrogens is 633 g/mol. The monoisotopic (exact) mass is 692 g/mol. The molecule has 5 aromatic carbocycles. The summed E-state index contributed by atoms with van der Waals surface area (Å²) in [6.45, 7) is 7.01. The minimum absolute atomic E-state index is 0.0657.